The molecule has 1 aliphatic carbocycles. The average Bonchev–Trinajstić information content (AvgIpc) is 2.86. The van der Waals surface area contributed by atoms with Crippen LogP contribution in [0.15, 0.2) is 30.4 Å². The maximum atomic E-state index is 13.3. The average molecular weight is 442 g/mol. The Kier molecular flexibility index (Phi) is 7.31. The molecule has 1 aliphatic heterocycles. The maximum absolute atomic E-state index is 13.3. The SMILES string of the molecule is CCCC[C@@H]([C@H](O)/C=C/[C@@H]1[C@H]2CCc3ccc(C(=O)O)cc3O[C@H]2C[C@H]1O)C(F)(F)F. The topological polar surface area (TPSA) is 87.0 Å². The van der Waals surface area contributed by atoms with E-state index in [2.05, 4.69) is 0 Å². The van der Waals surface area contributed by atoms with Gasteiger partial charge in [-0.1, -0.05) is 38.0 Å². The molecule has 0 bridgehead atoms. The van der Waals surface area contributed by atoms with E-state index < -0.39 is 36.2 Å². The number of alkyl halides is 3. The molecule has 172 valence electrons. The minimum atomic E-state index is -4.50. The summed E-state index contributed by atoms with van der Waals surface area (Å²) in [6.45, 7) is 1.80. The predicted molar refractivity (Wildman–Crippen MR) is 108 cm³/mol. The number of aromatic carboxylic acids is 1. The Morgan fingerprint density at radius 1 is 1.35 bits per heavy atom. The molecule has 0 spiro atoms. The number of aryl methyl sites for hydroxylation is 1. The van der Waals surface area contributed by atoms with Crippen LogP contribution < -0.4 is 4.74 Å². The van der Waals surface area contributed by atoms with E-state index in [9.17, 15) is 33.3 Å². The molecule has 5 nitrogen and oxygen atoms in total. The standard InChI is InChI=1S/C23H29F3O5/c1-2-3-4-17(23(24,25)26)18(27)10-9-15-16-8-7-13-5-6-14(22(29)30)11-20(13)31-21(16)12-19(15)28/h5-6,9-11,15-19,21,27-28H,2-4,7-8,12H2,1H3,(H,29,30)/b10-9+/t15-,16-,17+,18-,19-,21+/m1/s1. The smallest absolute Gasteiger partial charge is 0.394 e. The van der Waals surface area contributed by atoms with Crippen molar-refractivity contribution in [1.29, 1.82) is 0 Å². The Morgan fingerprint density at radius 3 is 2.74 bits per heavy atom. The van der Waals surface area contributed by atoms with Crippen LogP contribution in [-0.2, 0) is 6.42 Å². The van der Waals surface area contributed by atoms with E-state index in [1.54, 1.807) is 13.0 Å². The summed E-state index contributed by atoms with van der Waals surface area (Å²) in [4.78, 5) is 11.2. The number of aliphatic hydroxyl groups excluding tert-OH is 2. The molecule has 8 heteroatoms. The molecular weight excluding hydrogens is 413 g/mol. The van der Waals surface area contributed by atoms with Gasteiger partial charge in [-0.25, -0.2) is 4.79 Å². The molecule has 0 aromatic heterocycles. The highest BCUT2D eigenvalue weighted by atomic mass is 19.4. The molecule has 0 radical (unpaired) electrons. The summed E-state index contributed by atoms with van der Waals surface area (Å²) < 4.78 is 46.0. The molecule has 0 saturated heterocycles. The first-order chi connectivity index (χ1) is 14.6. The number of ether oxygens (including phenoxy) is 1. The van der Waals surface area contributed by atoms with Crippen molar-refractivity contribution >= 4 is 5.97 Å². The zero-order chi connectivity index (χ0) is 22.8. The van der Waals surface area contributed by atoms with E-state index >= 15 is 0 Å². The highest BCUT2D eigenvalue weighted by Gasteiger charge is 2.45. The summed E-state index contributed by atoms with van der Waals surface area (Å²) in [6, 6.07) is 4.70. The minimum absolute atomic E-state index is 0.112. The number of halogens is 3. The molecule has 1 fully saturated rings. The van der Waals surface area contributed by atoms with Crippen molar-refractivity contribution in [2.45, 2.75) is 69.9 Å². The van der Waals surface area contributed by atoms with Crippen molar-refractivity contribution in [2.75, 3.05) is 0 Å². The first-order valence-corrected chi connectivity index (χ1v) is 10.8. The molecule has 0 amide bonds. The van der Waals surface area contributed by atoms with Gasteiger partial charge in [0.25, 0.3) is 0 Å². The number of rotatable bonds is 7. The van der Waals surface area contributed by atoms with Gasteiger partial charge in [0.05, 0.1) is 23.7 Å². The van der Waals surface area contributed by atoms with Gasteiger partial charge >= 0.3 is 12.1 Å². The van der Waals surface area contributed by atoms with Gasteiger partial charge < -0.3 is 20.1 Å². The first kappa shape index (κ1) is 23.6. The number of benzene rings is 1. The van der Waals surface area contributed by atoms with Crippen LogP contribution in [0.5, 0.6) is 5.75 Å². The monoisotopic (exact) mass is 442 g/mol. The van der Waals surface area contributed by atoms with Gasteiger partial charge in [0.2, 0.25) is 0 Å². The lowest BCUT2D eigenvalue weighted by Gasteiger charge is -2.25. The third-order valence-corrected chi connectivity index (χ3v) is 6.46. The first-order valence-electron chi connectivity index (χ1n) is 10.8. The highest BCUT2D eigenvalue weighted by molar-refractivity contribution is 5.88. The Bertz CT molecular complexity index is 807. The van der Waals surface area contributed by atoms with Crippen LogP contribution in [0.1, 0.15) is 54.9 Å². The van der Waals surface area contributed by atoms with Crippen molar-refractivity contribution < 1.29 is 38.0 Å². The summed E-state index contributed by atoms with van der Waals surface area (Å²) in [5.74, 6) is -2.99. The third kappa shape index (κ3) is 5.41. The van der Waals surface area contributed by atoms with Crippen molar-refractivity contribution in [2.24, 2.45) is 17.8 Å². The Hall–Kier alpha value is -2.06. The molecule has 6 atom stereocenters. The number of fused-ring (bicyclic) bond motifs is 2. The summed E-state index contributed by atoms with van der Waals surface area (Å²) in [5.41, 5.74) is 0.981. The van der Waals surface area contributed by atoms with Crippen LogP contribution in [0.4, 0.5) is 13.2 Å². The molecule has 1 aromatic carbocycles. The van der Waals surface area contributed by atoms with Crippen molar-refractivity contribution in [1.82, 2.24) is 0 Å². The van der Waals surface area contributed by atoms with Gasteiger partial charge in [-0.15, -0.1) is 0 Å². The molecule has 0 unspecified atom stereocenters. The normalized spacial score (nSPS) is 27.8. The lowest BCUT2D eigenvalue weighted by molar-refractivity contribution is -0.195. The summed E-state index contributed by atoms with van der Waals surface area (Å²) in [7, 11) is 0. The fraction of sp³-hybridized carbons (Fsp3) is 0.609. The van der Waals surface area contributed by atoms with Gasteiger partial charge in [-0.3, -0.25) is 0 Å². The van der Waals surface area contributed by atoms with Crippen LogP contribution in [0.2, 0.25) is 0 Å². The number of hydrogen-bond donors (Lipinski definition) is 3. The van der Waals surface area contributed by atoms with Crippen LogP contribution in [-0.4, -0.2) is 45.8 Å². The van der Waals surface area contributed by atoms with Gasteiger partial charge in [0.15, 0.2) is 0 Å². The zero-order valence-electron chi connectivity index (χ0n) is 17.4. The third-order valence-electron chi connectivity index (χ3n) is 6.46. The van der Waals surface area contributed by atoms with Gasteiger partial charge in [-0.2, -0.15) is 13.2 Å². The minimum Gasteiger partial charge on any atom is -0.490 e. The lowest BCUT2D eigenvalue weighted by Crippen LogP contribution is -2.33. The van der Waals surface area contributed by atoms with Crippen LogP contribution in [0.25, 0.3) is 0 Å². The van der Waals surface area contributed by atoms with E-state index in [0.717, 1.165) is 5.56 Å². The molecule has 2 aliphatic rings. The van der Waals surface area contributed by atoms with E-state index in [1.165, 1.54) is 24.3 Å². The molecule has 3 N–H and O–H groups in total. The number of hydrogen-bond acceptors (Lipinski definition) is 4. The number of carbonyl (C=O) groups is 1. The molecule has 3 rings (SSSR count). The Labute approximate surface area is 179 Å². The fourth-order valence-electron chi connectivity index (χ4n) is 4.71. The molecule has 31 heavy (non-hydrogen) atoms. The summed E-state index contributed by atoms with van der Waals surface area (Å²) >= 11 is 0. The predicted octanol–water partition coefficient (Wildman–Crippen LogP) is 4.36. The zero-order valence-corrected chi connectivity index (χ0v) is 17.4. The van der Waals surface area contributed by atoms with Gasteiger partial charge in [0.1, 0.15) is 11.9 Å². The van der Waals surface area contributed by atoms with Crippen LogP contribution >= 0.6 is 0 Å². The summed E-state index contributed by atoms with van der Waals surface area (Å²) in [6.07, 6.45) is -2.27. The second-order valence-corrected chi connectivity index (χ2v) is 8.53. The van der Waals surface area contributed by atoms with Gasteiger partial charge in [-0.05, 0) is 37.0 Å². The lowest BCUT2D eigenvalue weighted by atomic mass is 9.87. The number of unbranched alkanes of at least 4 members (excludes halogenated alkanes) is 1. The second kappa shape index (κ2) is 9.61. The maximum Gasteiger partial charge on any atom is 0.394 e. The van der Waals surface area contributed by atoms with Gasteiger partial charge in [0, 0.05) is 18.3 Å². The largest absolute Gasteiger partial charge is 0.490 e. The summed E-state index contributed by atoms with van der Waals surface area (Å²) in [5, 5.41) is 29.9. The number of carboxylic acid groups (broad SMARTS) is 1. The molecular formula is C23H29F3O5. The van der Waals surface area contributed by atoms with Crippen LogP contribution in [0, 0.1) is 17.8 Å². The highest BCUT2D eigenvalue weighted by Crippen LogP contribution is 2.43. The van der Waals surface area contributed by atoms with E-state index in [4.69, 9.17) is 4.74 Å². The van der Waals surface area contributed by atoms with E-state index in [1.807, 2.05) is 0 Å². The number of aliphatic hydroxyl groups is 2. The molecule has 1 saturated carbocycles. The molecule has 1 heterocycles. The second-order valence-electron chi connectivity index (χ2n) is 8.53. The van der Waals surface area contributed by atoms with E-state index in [-0.39, 0.29) is 24.0 Å². The molecule has 1 aromatic rings. The Morgan fingerprint density at radius 2 is 2.10 bits per heavy atom. The van der Waals surface area contributed by atoms with E-state index in [0.29, 0.717) is 37.9 Å². The van der Waals surface area contributed by atoms with Crippen molar-refractivity contribution in [3.8, 4) is 5.75 Å². The quantitative estimate of drug-likeness (QED) is 0.546. The van der Waals surface area contributed by atoms with Crippen LogP contribution in [0.3, 0.4) is 0 Å². The van der Waals surface area contributed by atoms with Crippen molar-refractivity contribution in [3.63, 3.8) is 0 Å². The number of carboxylic acids is 1. The van der Waals surface area contributed by atoms with Crippen molar-refractivity contribution in [3.05, 3.63) is 41.5 Å². The fourth-order valence-corrected chi connectivity index (χ4v) is 4.71. The Balaban J connectivity index is 1.74.